The highest BCUT2D eigenvalue weighted by Crippen LogP contribution is 2.40. The molecule has 28 heavy (non-hydrogen) atoms. The summed E-state index contributed by atoms with van der Waals surface area (Å²) in [4.78, 5) is 30.2. The van der Waals surface area contributed by atoms with Crippen LogP contribution in [0.3, 0.4) is 0 Å². The molecule has 1 aliphatic heterocycles. The van der Waals surface area contributed by atoms with Crippen LogP contribution in [0.4, 0.5) is 0 Å². The van der Waals surface area contributed by atoms with Gasteiger partial charge < -0.3 is 10.1 Å². The molecule has 1 N–H and O–H groups in total. The molecule has 3 heterocycles. The lowest BCUT2D eigenvalue weighted by Gasteiger charge is -2.36. The summed E-state index contributed by atoms with van der Waals surface area (Å²) in [6.45, 7) is 5.25. The number of carbonyl (C=O) groups excluding carboxylic acids is 1. The Morgan fingerprint density at radius 3 is 2.93 bits per heavy atom. The molecule has 1 fully saturated rings. The Morgan fingerprint density at radius 2 is 2.18 bits per heavy atom. The summed E-state index contributed by atoms with van der Waals surface area (Å²) >= 11 is 0. The molecule has 2 aliphatic rings. The van der Waals surface area contributed by atoms with E-state index in [4.69, 9.17) is 9.72 Å². The minimum absolute atomic E-state index is 0.0491. The normalized spacial score (nSPS) is 23.2. The van der Waals surface area contributed by atoms with E-state index >= 15 is 0 Å². The van der Waals surface area contributed by atoms with E-state index in [1.54, 1.807) is 18.6 Å². The van der Waals surface area contributed by atoms with E-state index in [2.05, 4.69) is 34.1 Å². The maximum atomic E-state index is 12.6. The maximum Gasteiger partial charge on any atom is 0.220 e. The van der Waals surface area contributed by atoms with Gasteiger partial charge in [-0.2, -0.15) is 0 Å². The Hall–Kier alpha value is -2.41. The van der Waals surface area contributed by atoms with Gasteiger partial charge in [-0.15, -0.1) is 0 Å². The van der Waals surface area contributed by atoms with Gasteiger partial charge in [-0.05, 0) is 37.5 Å². The summed E-state index contributed by atoms with van der Waals surface area (Å²) in [6.07, 6.45) is 12.2. The zero-order chi connectivity index (χ0) is 19.6. The fourth-order valence-electron chi connectivity index (χ4n) is 4.14. The number of fused-ring (bicyclic) bond motifs is 1. The topological polar surface area (TPSA) is 89.9 Å². The van der Waals surface area contributed by atoms with Gasteiger partial charge >= 0.3 is 0 Å². The van der Waals surface area contributed by atoms with E-state index in [0.717, 1.165) is 50.0 Å². The zero-order valence-electron chi connectivity index (χ0n) is 16.5. The van der Waals surface area contributed by atoms with Gasteiger partial charge in [0.25, 0.3) is 0 Å². The van der Waals surface area contributed by atoms with Gasteiger partial charge in [-0.1, -0.05) is 13.8 Å². The third-order valence-corrected chi connectivity index (χ3v) is 5.52. The molecule has 2 aromatic rings. The molecular formula is C21H27N5O2. The van der Waals surface area contributed by atoms with Gasteiger partial charge in [0.2, 0.25) is 5.91 Å². The number of hydrogen-bond donors (Lipinski definition) is 1. The molecule has 1 saturated heterocycles. The lowest BCUT2D eigenvalue weighted by Crippen LogP contribution is -2.37. The number of aromatic nitrogens is 4. The van der Waals surface area contributed by atoms with Gasteiger partial charge in [0, 0.05) is 37.2 Å². The predicted octanol–water partition coefficient (Wildman–Crippen LogP) is 3.02. The molecule has 2 atom stereocenters. The molecule has 0 bridgehead atoms. The number of carbonyl (C=O) groups is 1. The Kier molecular flexibility index (Phi) is 5.35. The number of hydrogen-bond acceptors (Lipinski definition) is 6. The average molecular weight is 381 g/mol. The fourth-order valence-corrected chi connectivity index (χ4v) is 4.14. The van der Waals surface area contributed by atoms with E-state index in [0.29, 0.717) is 17.9 Å². The molecule has 1 aliphatic carbocycles. The van der Waals surface area contributed by atoms with E-state index in [1.807, 2.05) is 6.20 Å². The SMILES string of the molecule is CC1(C)Cc2nc(-c3cnccn3)ncc2C(NC(=O)CCC2CCCO2)C1. The van der Waals surface area contributed by atoms with Crippen LogP contribution in [0.5, 0.6) is 0 Å². The summed E-state index contributed by atoms with van der Waals surface area (Å²) in [6, 6.07) is -0.0633. The lowest BCUT2D eigenvalue weighted by atomic mass is 9.74. The van der Waals surface area contributed by atoms with Crippen molar-refractivity contribution in [2.24, 2.45) is 5.41 Å². The first kappa shape index (κ1) is 18.9. The number of ether oxygens (including phenoxy) is 1. The van der Waals surface area contributed by atoms with Crippen LogP contribution >= 0.6 is 0 Å². The largest absolute Gasteiger partial charge is 0.378 e. The lowest BCUT2D eigenvalue weighted by molar-refractivity contribution is -0.122. The Morgan fingerprint density at radius 1 is 1.29 bits per heavy atom. The quantitative estimate of drug-likeness (QED) is 0.856. The highest BCUT2D eigenvalue weighted by atomic mass is 16.5. The summed E-state index contributed by atoms with van der Waals surface area (Å²) in [5, 5.41) is 3.21. The van der Waals surface area contributed by atoms with E-state index in [1.165, 1.54) is 0 Å². The summed E-state index contributed by atoms with van der Waals surface area (Å²) in [5.74, 6) is 0.648. The summed E-state index contributed by atoms with van der Waals surface area (Å²) in [5.41, 5.74) is 2.70. The van der Waals surface area contributed by atoms with Crippen molar-refractivity contribution >= 4 is 5.91 Å². The fraction of sp³-hybridized carbons (Fsp3) is 0.571. The third-order valence-electron chi connectivity index (χ3n) is 5.52. The summed E-state index contributed by atoms with van der Waals surface area (Å²) < 4.78 is 5.63. The van der Waals surface area contributed by atoms with Crippen molar-refractivity contribution in [2.45, 2.75) is 64.5 Å². The van der Waals surface area contributed by atoms with Crippen LogP contribution in [-0.2, 0) is 16.0 Å². The Balaban J connectivity index is 1.50. The number of nitrogens with zero attached hydrogens (tertiary/aromatic N) is 4. The van der Waals surface area contributed by atoms with Gasteiger partial charge in [0.05, 0.1) is 24.0 Å². The van der Waals surface area contributed by atoms with Gasteiger partial charge in [0.1, 0.15) is 5.69 Å². The van der Waals surface area contributed by atoms with E-state index in [-0.39, 0.29) is 23.5 Å². The van der Waals surface area contributed by atoms with Crippen LogP contribution in [0, 0.1) is 5.41 Å². The summed E-state index contributed by atoms with van der Waals surface area (Å²) in [7, 11) is 0. The standard InChI is InChI=1S/C21H27N5O2/c1-21(2)10-16(25-19(27)6-5-14-4-3-9-28-14)15-12-24-20(26-17(15)11-21)18-13-22-7-8-23-18/h7-8,12-14,16H,3-6,9-11H2,1-2H3,(H,25,27). The van der Waals surface area contributed by atoms with Crippen LogP contribution in [0.25, 0.3) is 11.5 Å². The molecule has 0 aromatic carbocycles. The molecule has 0 saturated carbocycles. The van der Waals surface area contributed by atoms with Crippen molar-refractivity contribution in [3.63, 3.8) is 0 Å². The van der Waals surface area contributed by atoms with Gasteiger partial charge in [-0.3, -0.25) is 9.78 Å². The number of amides is 1. The van der Waals surface area contributed by atoms with Crippen molar-refractivity contribution in [3.8, 4) is 11.5 Å². The molecule has 1 amide bonds. The van der Waals surface area contributed by atoms with Gasteiger partial charge in [0.15, 0.2) is 5.82 Å². The second-order valence-electron chi connectivity index (χ2n) is 8.53. The second kappa shape index (κ2) is 7.91. The molecule has 2 unspecified atom stereocenters. The van der Waals surface area contributed by atoms with Crippen molar-refractivity contribution in [1.82, 2.24) is 25.3 Å². The smallest absolute Gasteiger partial charge is 0.220 e. The highest BCUT2D eigenvalue weighted by Gasteiger charge is 2.34. The van der Waals surface area contributed by atoms with Crippen LogP contribution in [0.15, 0.2) is 24.8 Å². The first-order valence-corrected chi connectivity index (χ1v) is 10.0. The van der Waals surface area contributed by atoms with Crippen molar-refractivity contribution in [1.29, 1.82) is 0 Å². The molecule has 7 nitrogen and oxygen atoms in total. The number of rotatable bonds is 5. The van der Waals surface area contributed by atoms with Gasteiger partial charge in [-0.25, -0.2) is 15.0 Å². The third kappa shape index (κ3) is 4.35. The Labute approximate surface area is 165 Å². The van der Waals surface area contributed by atoms with E-state index in [9.17, 15) is 4.79 Å². The molecule has 0 spiro atoms. The van der Waals surface area contributed by atoms with E-state index < -0.39 is 0 Å². The monoisotopic (exact) mass is 381 g/mol. The van der Waals surface area contributed by atoms with Crippen LogP contribution < -0.4 is 5.32 Å². The van der Waals surface area contributed by atoms with Crippen LogP contribution in [0.2, 0.25) is 0 Å². The molecule has 0 radical (unpaired) electrons. The predicted molar refractivity (Wildman–Crippen MR) is 104 cm³/mol. The zero-order valence-corrected chi connectivity index (χ0v) is 16.5. The molecule has 7 heteroatoms. The first-order valence-electron chi connectivity index (χ1n) is 10.0. The second-order valence-corrected chi connectivity index (χ2v) is 8.53. The maximum absolute atomic E-state index is 12.6. The number of nitrogens with one attached hydrogen (secondary N) is 1. The minimum atomic E-state index is -0.0633. The van der Waals surface area contributed by atoms with Crippen molar-refractivity contribution in [3.05, 3.63) is 36.0 Å². The molecule has 2 aromatic heterocycles. The van der Waals surface area contributed by atoms with Crippen molar-refractivity contribution in [2.75, 3.05) is 6.61 Å². The Bertz CT molecular complexity index is 834. The average Bonchev–Trinajstić information content (AvgIpc) is 3.19. The molecule has 4 rings (SSSR count). The first-order chi connectivity index (χ1) is 13.5. The van der Waals surface area contributed by atoms with Crippen LogP contribution in [-0.4, -0.2) is 38.6 Å². The highest BCUT2D eigenvalue weighted by molar-refractivity contribution is 5.76. The van der Waals surface area contributed by atoms with Crippen molar-refractivity contribution < 1.29 is 9.53 Å². The van der Waals surface area contributed by atoms with Crippen LogP contribution in [0.1, 0.15) is 63.3 Å². The molecule has 148 valence electrons. The molecular weight excluding hydrogens is 354 g/mol. The minimum Gasteiger partial charge on any atom is -0.378 e.